The van der Waals surface area contributed by atoms with E-state index in [0.29, 0.717) is 24.9 Å². The first-order valence-corrected chi connectivity index (χ1v) is 5.91. The molecule has 2 unspecified atom stereocenters. The minimum Gasteiger partial charge on any atom is -0.385 e. The summed E-state index contributed by atoms with van der Waals surface area (Å²) in [6.45, 7) is 0. The summed E-state index contributed by atoms with van der Waals surface area (Å²) >= 11 is 0. The Morgan fingerprint density at radius 2 is 1.88 bits per heavy atom. The van der Waals surface area contributed by atoms with E-state index in [-0.39, 0.29) is 5.82 Å². The summed E-state index contributed by atoms with van der Waals surface area (Å²) in [5.74, 6) is 0.147. The molecule has 2 fully saturated rings. The molecule has 3 rings (SSSR count). The topological polar surface area (TPSA) is 81.8 Å². The zero-order chi connectivity index (χ0) is 11.9. The van der Waals surface area contributed by atoms with Crippen molar-refractivity contribution in [3.05, 3.63) is 23.8 Å². The van der Waals surface area contributed by atoms with Crippen LogP contribution in [0.15, 0.2) is 12.4 Å². The number of aliphatic hydroxyl groups is 1. The molecular formula is C12H14N4O. The summed E-state index contributed by atoms with van der Waals surface area (Å²) in [6.07, 6.45) is 6.83. The van der Waals surface area contributed by atoms with Crippen molar-refractivity contribution in [2.24, 2.45) is 0 Å². The quantitative estimate of drug-likeness (QED) is 0.732. The Hall–Kier alpha value is -1.51. The van der Waals surface area contributed by atoms with Crippen molar-refractivity contribution >= 4 is 0 Å². The summed E-state index contributed by atoms with van der Waals surface area (Å²) < 4.78 is 0. The molecule has 1 aromatic rings. The lowest BCUT2D eigenvalue weighted by atomic mass is 9.83. The molecule has 3 heterocycles. The minimum atomic E-state index is -0.828. The monoisotopic (exact) mass is 230 g/mol. The highest BCUT2D eigenvalue weighted by Gasteiger charge is 2.43. The van der Waals surface area contributed by atoms with Gasteiger partial charge in [-0.15, -0.1) is 0 Å². The Bertz CT molecular complexity index is 452. The lowest BCUT2D eigenvalue weighted by molar-refractivity contribution is -0.0120. The van der Waals surface area contributed by atoms with Gasteiger partial charge < -0.3 is 10.4 Å². The van der Waals surface area contributed by atoms with Crippen LogP contribution in [0, 0.1) is 11.3 Å². The van der Waals surface area contributed by atoms with E-state index in [1.54, 1.807) is 12.4 Å². The highest BCUT2D eigenvalue weighted by Crippen LogP contribution is 2.40. The molecule has 0 aliphatic carbocycles. The molecule has 88 valence electrons. The van der Waals surface area contributed by atoms with Crippen molar-refractivity contribution in [3.8, 4) is 6.07 Å². The van der Waals surface area contributed by atoms with Crippen LogP contribution in [-0.4, -0.2) is 27.2 Å². The van der Waals surface area contributed by atoms with Crippen molar-refractivity contribution in [1.29, 1.82) is 5.26 Å². The van der Waals surface area contributed by atoms with Crippen molar-refractivity contribution in [1.82, 2.24) is 15.3 Å². The van der Waals surface area contributed by atoms with Crippen LogP contribution in [-0.2, 0) is 5.60 Å². The molecule has 5 nitrogen and oxygen atoms in total. The zero-order valence-corrected chi connectivity index (χ0v) is 9.43. The van der Waals surface area contributed by atoms with Crippen LogP contribution >= 0.6 is 0 Å². The Morgan fingerprint density at radius 1 is 1.29 bits per heavy atom. The number of fused-ring (bicyclic) bond motifs is 2. The van der Waals surface area contributed by atoms with Crippen molar-refractivity contribution < 1.29 is 5.11 Å². The highest BCUT2D eigenvalue weighted by atomic mass is 16.3. The molecule has 2 atom stereocenters. The van der Waals surface area contributed by atoms with E-state index in [1.807, 2.05) is 6.07 Å². The fraction of sp³-hybridized carbons (Fsp3) is 0.583. The number of rotatable bonds is 1. The van der Waals surface area contributed by atoms with Gasteiger partial charge in [0, 0.05) is 30.0 Å². The van der Waals surface area contributed by atoms with Gasteiger partial charge >= 0.3 is 0 Å². The first-order chi connectivity index (χ1) is 8.19. The van der Waals surface area contributed by atoms with Gasteiger partial charge in [0.25, 0.3) is 0 Å². The third-order valence-electron chi connectivity index (χ3n) is 3.79. The summed E-state index contributed by atoms with van der Waals surface area (Å²) in [4.78, 5) is 7.87. The maximum atomic E-state index is 10.7. The number of nitrogens with zero attached hydrogens (tertiary/aromatic N) is 3. The van der Waals surface area contributed by atoms with Crippen molar-refractivity contribution in [2.75, 3.05) is 0 Å². The van der Waals surface area contributed by atoms with Crippen LogP contribution in [0.25, 0.3) is 0 Å². The number of hydrogen-bond donors (Lipinski definition) is 2. The second-order valence-corrected chi connectivity index (χ2v) is 4.98. The van der Waals surface area contributed by atoms with Crippen LogP contribution < -0.4 is 5.32 Å². The lowest BCUT2D eigenvalue weighted by Gasteiger charge is -2.37. The molecular weight excluding hydrogens is 216 g/mol. The highest BCUT2D eigenvalue weighted by molar-refractivity contribution is 5.21. The van der Waals surface area contributed by atoms with E-state index in [2.05, 4.69) is 15.3 Å². The summed E-state index contributed by atoms with van der Waals surface area (Å²) in [5, 5.41) is 22.8. The summed E-state index contributed by atoms with van der Waals surface area (Å²) in [6, 6.07) is 2.68. The van der Waals surface area contributed by atoms with E-state index in [9.17, 15) is 5.11 Å². The van der Waals surface area contributed by atoms with Crippen LogP contribution in [0.5, 0.6) is 0 Å². The van der Waals surface area contributed by atoms with Crippen LogP contribution in [0.1, 0.15) is 37.1 Å². The number of piperidine rings is 1. The standard InChI is InChI=1S/C12H14N4O/c13-5-11-14-6-8(7-15-11)12(17)3-9-1-2-10(4-12)16-9/h6-7,9-10,16-17H,1-4H2. The van der Waals surface area contributed by atoms with Crippen LogP contribution in [0.2, 0.25) is 0 Å². The predicted molar refractivity (Wildman–Crippen MR) is 59.8 cm³/mol. The second kappa shape index (κ2) is 3.76. The average Bonchev–Trinajstić information content (AvgIpc) is 2.69. The molecule has 2 aliphatic heterocycles. The van der Waals surface area contributed by atoms with Gasteiger partial charge in [-0.3, -0.25) is 0 Å². The third-order valence-corrected chi connectivity index (χ3v) is 3.79. The van der Waals surface area contributed by atoms with Gasteiger partial charge in [-0.1, -0.05) is 0 Å². The van der Waals surface area contributed by atoms with Gasteiger partial charge in [-0.05, 0) is 25.7 Å². The molecule has 0 radical (unpaired) electrons. The van der Waals surface area contributed by atoms with E-state index in [1.165, 1.54) is 0 Å². The molecule has 0 amide bonds. The Balaban J connectivity index is 1.89. The Morgan fingerprint density at radius 3 is 2.41 bits per heavy atom. The SMILES string of the molecule is N#Cc1ncc(C2(O)CC3CCC(C2)N3)cn1. The smallest absolute Gasteiger partial charge is 0.232 e. The molecule has 0 saturated carbocycles. The largest absolute Gasteiger partial charge is 0.385 e. The van der Waals surface area contributed by atoms with Crippen molar-refractivity contribution in [3.63, 3.8) is 0 Å². The van der Waals surface area contributed by atoms with Gasteiger partial charge in [-0.25, -0.2) is 9.97 Å². The van der Waals surface area contributed by atoms with Gasteiger partial charge in [0.1, 0.15) is 6.07 Å². The maximum absolute atomic E-state index is 10.7. The number of nitriles is 1. The maximum Gasteiger partial charge on any atom is 0.232 e. The second-order valence-electron chi connectivity index (χ2n) is 4.98. The molecule has 0 spiro atoms. The molecule has 2 bridgehead atoms. The number of hydrogen-bond acceptors (Lipinski definition) is 5. The Labute approximate surface area is 99.5 Å². The lowest BCUT2D eigenvalue weighted by Crippen LogP contribution is -2.46. The van der Waals surface area contributed by atoms with Crippen molar-refractivity contribution in [2.45, 2.75) is 43.4 Å². The molecule has 5 heteroatoms. The van der Waals surface area contributed by atoms with E-state index in [4.69, 9.17) is 5.26 Å². The van der Waals surface area contributed by atoms with E-state index in [0.717, 1.165) is 18.4 Å². The number of aromatic nitrogens is 2. The zero-order valence-electron chi connectivity index (χ0n) is 9.43. The molecule has 2 saturated heterocycles. The van der Waals surface area contributed by atoms with Gasteiger partial charge in [0.2, 0.25) is 5.82 Å². The molecule has 1 aromatic heterocycles. The van der Waals surface area contributed by atoms with E-state index < -0.39 is 5.60 Å². The average molecular weight is 230 g/mol. The number of nitrogens with one attached hydrogen (secondary N) is 1. The molecule has 0 aromatic carbocycles. The summed E-state index contributed by atoms with van der Waals surface area (Å²) in [7, 11) is 0. The molecule has 2 aliphatic rings. The van der Waals surface area contributed by atoms with Crippen LogP contribution in [0.4, 0.5) is 0 Å². The van der Waals surface area contributed by atoms with Gasteiger partial charge in [0.15, 0.2) is 0 Å². The fourth-order valence-corrected chi connectivity index (χ4v) is 2.98. The third kappa shape index (κ3) is 1.79. The Kier molecular flexibility index (Phi) is 2.35. The van der Waals surface area contributed by atoms with Gasteiger partial charge in [0.05, 0.1) is 5.60 Å². The molecule has 17 heavy (non-hydrogen) atoms. The first kappa shape index (κ1) is 10.6. The predicted octanol–water partition coefficient (Wildman–Crippen LogP) is 0.450. The molecule has 2 N–H and O–H groups in total. The van der Waals surface area contributed by atoms with Gasteiger partial charge in [-0.2, -0.15) is 5.26 Å². The fourth-order valence-electron chi connectivity index (χ4n) is 2.98. The van der Waals surface area contributed by atoms with E-state index >= 15 is 0 Å². The summed E-state index contributed by atoms with van der Waals surface area (Å²) in [5.41, 5.74) is -0.0969. The van der Waals surface area contributed by atoms with Crippen LogP contribution in [0.3, 0.4) is 0 Å². The normalized spacial score (nSPS) is 35.5. The minimum absolute atomic E-state index is 0.147. The first-order valence-electron chi connectivity index (χ1n) is 5.91.